The van der Waals surface area contributed by atoms with Gasteiger partial charge in [0.05, 0.1) is 11.3 Å². The average Bonchev–Trinajstić information content (AvgIpc) is 2.70. The number of hydrogen-bond acceptors (Lipinski definition) is 3. The molecular weight excluding hydrogens is 289 g/mol. The number of amides is 1. The molecule has 1 unspecified atom stereocenters. The SMILES string of the molecule is Cc1nn(C)c(C)c1C(=O)NC(C(=O)O)c1ccccc1F. The van der Waals surface area contributed by atoms with Crippen LogP contribution >= 0.6 is 0 Å². The third-order valence-corrected chi connectivity index (χ3v) is 3.47. The second-order valence-electron chi connectivity index (χ2n) is 4.94. The van der Waals surface area contributed by atoms with Gasteiger partial charge in [0.2, 0.25) is 0 Å². The quantitative estimate of drug-likeness (QED) is 0.901. The minimum atomic E-state index is -1.47. The third-order valence-electron chi connectivity index (χ3n) is 3.47. The van der Waals surface area contributed by atoms with Crippen LogP contribution in [0.3, 0.4) is 0 Å². The zero-order valence-electron chi connectivity index (χ0n) is 12.4. The van der Waals surface area contributed by atoms with E-state index < -0.39 is 23.7 Å². The number of carboxylic acids is 1. The van der Waals surface area contributed by atoms with Crippen molar-refractivity contribution in [1.82, 2.24) is 15.1 Å². The van der Waals surface area contributed by atoms with Crippen LogP contribution in [0, 0.1) is 19.7 Å². The third kappa shape index (κ3) is 2.83. The van der Waals surface area contributed by atoms with E-state index in [1.807, 2.05) is 0 Å². The van der Waals surface area contributed by atoms with Gasteiger partial charge in [0.25, 0.3) is 5.91 Å². The molecule has 1 aromatic carbocycles. The maximum absolute atomic E-state index is 13.8. The summed E-state index contributed by atoms with van der Waals surface area (Å²) in [6, 6.07) is 3.98. The molecule has 0 saturated heterocycles. The Balaban J connectivity index is 2.35. The van der Waals surface area contributed by atoms with E-state index >= 15 is 0 Å². The van der Waals surface area contributed by atoms with Crippen LogP contribution in [-0.2, 0) is 11.8 Å². The highest BCUT2D eigenvalue weighted by Gasteiger charge is 2.27. The van der Waals surface area contributed by atoms with Gasteiger partial charge < -0.3 is 10.4 Å². The zero-order valence-corrected chi connectivity index (χ0v) is 12.4. The largest absolute Gasteiger partial charge is 0.479 e. The molecule has 1 amide bonds. The Morgan fingerprint density at radius 2 is 1.95 bits per heavy atom. The molecule has 2 N–H and O–H groups in total. The summed E-state index contributed by atoms with van der Waals surface area (Å²) in [5.74, 6) is -2.62. The van der Waals surface area contributed by atoms with E-state index in [1.165, 1.54) is 22.9 Å². The molecule has 0 saturated carbocycles. The van der Waals surface area contributed by atoms with Gasteiger partial charge in [-0.3, -0.25) is 9.48 Å². The van der Waals surface area contributed by atoms with E-state index in [0.717, 1.165) is 6.07 Å². The molecule has 7 heteroatoms. The first-order chi connectivity index (χ1) is 10.3. The molecular formula is C15H16FN3O3. The van der Waals surface area contributed by atoms with Crippen LogP contribution in [0.25, 0.3) is 0 Å². The van der Waals surface area contributed by atoms with Crippen molar-refractivity contribution in [2.24, 2.45) is 7.05 Å². The number of carbonyl (C=O) groups is 2. The predicted molar refractivity (Wildman–Crippen MR) is 76.9 cm³/mol. The van der Waals surface area contributed by atoms with Crippen molar-refractivity contribution in [1.29, 1.82) is 0 Å². The highest BCUT2D eigenvalue weighted by molar-refractivity contribution is 5.98. The van der Waals surface area contributed by atoms with Crippen LogP contribution in [0.5, 0.6) is 0 Å². The Hall–Kier alpha value is -2.70. The van der Waals surface area contributed by atoms with Crippen LogP contribution in [0.1, 0.15) is 33.4 Å². The summed E-state index contributed by atoms with van der Waals surface area (Å²) in [5, 5.41) is 15.8. The molecule has 0 radical (unpaired) electrons. The topological polar surface area (TPSA) is 84.2 Å². The van der Waals surface area contributed by atoms with Crippen molar-refractivity contribution in [2.45, 2.75) is 19.9 Å². The van der Waals surface area contributed by atoms with Gasteiger partial charge in [0, 0.05) is 18.3 Å². The van der Waals surface area contributed by atoms with Gasteiger partial charge in [-0.1, -0.05) is 18.2 Å². The second kappa shape index (κ2) is 5.97. The van der Waals surface area contributed by atoms with E-state index in [-0.39, 0.29) is 5.56 Å². The van der Waals surface area contributed by atoms with Crippen LogP contribution in [0.15, 0.2) is 24.3 Å². The fourth-order valence-electron chi connectivity index (χ4n) is 2.29. The molecule has 1 heterocycles. The van der Waals surface area contributed by atoms with E-state index in [0.29, 0.717) is 17.0 Å². The summed E-state index contributed by atoms with van der Waals surface area (Å²) in [6.45, 7) is 3.36. The van der Waals surface area contributed by atoms with Crippen LogP contribution in [0.4, 0.5) is 4.39 Å². The molecule has 2 aromatic rings. The van der Waals surface area contributed by atoms with Crippen molar-refractivity contribution < 1.29 is 19.1 Å². The first-order valence-electron chi connectivity index (χ1n) is 6.61. The van der Waals surface area contributed by atoms with Gasteiger partial charge >= 0.3 is 5.97 Å². The molecule has 1 aromatic heterocycles. The molecule has 0 aliphatic rings. The van der Waals surface area contributed by atoms with Gasteiger partial charge in [-0.2, -0.15) is 5.10 Å². The summed E-state index contributed by atoms with van der Waals surface area (Å²) in [4.78, 5) is 23.7. The Morgan fingerprint density at radius 1 is 1.32 bits per heavy atom. The number of hydrogen-bond donors (Lipinski definition) is 2. The Bertz CT molecular complexity index is 740. The lowest BCUT2D eigenvalue weighted by molar-refractivity contribution is -0.139. The van der Waals surface area contributed by atoms with Crippen molar-refractivity contribution in [2.75, 3.05) is 0 Å². The molecule has 0 aliphatic heterocycles. The molecule has 1 atom stereocenters. The first kappa shape index (κ1) is 15.7. The van der Waals surface area contributed by atoms with Crippen molar-refractivity contribution in [3.8, 4) is 0 Å². The number of nitrogens with one attached hydrogen (secondary N) is 1. The Morgan fingerprint density at radius 3 is 2.45 bits per heavy atom. The van der Waals surface area contributed by atoms with Crippen LogP contribution < -0.4 is 5.32 Å². The molecule has 0 bridgehead atoms. The van der Waals surface area contributed by atoms with E-state index in [4.69, 9.17) is 0 Å². The van der Waals surface area contributed by atoms with Gasteiger partial charge in [0.1, 0.15) is 5.82 Å². The van der Waals surface area contributed by atoms with Gasteiger partial charge in [-0.05, 0) is 19.9 Å². The number of rotatable bonds is 4. The zero-order chi connectivity index (χ0) is 16.4. The number of benzene rings is 1. The predicted octanol–water partition coefficient (Wildman–Crippen LogP) is 1.73. The van der Waals surface area contributed by atoms with E-state index in [9.17, 15) is 19.1 Å². The van der Waals surface area contributed by atoms with Crippen molar-refractivity contribution in [3.05, 3.63) is 52.6 Å². The summed E-state index contributed by atoms with van der Waals surface area (Å²) in [5.41, 5.74) is 1.29. The number of aryl methyl sites for hydroxylation is 2. The smallest absolute Gasteiger partial charge is 0.331 e. The maximum atomic E-state index is 13.8. The average molecular weight is 305 g/mol. The molecule has 0 aliphatic carbocycles. The highest BCUT2D eigenvalue weighted by atomic mass is 19.1. The molecule has 0 spiro atoms. The monoisotopic (exact) mass is 305 g/mol. The number of aromatic nitrogens is 2. The Kier molecular flexibility index (Phi) is 4.25. The highest BCUT2D eigenvalue weighted by Crippen LogP contribution is 2.19. The lowest BCUT2D eigenvalue weighted by atomic mass is 10.1. The first-order valence-corrected chi connectivity index (χ1v) is 6.61. The minimum absolute atomic E-state index is 0.0949. The fraction of sp³-hybridized carbons (Fsp3) is 0.267. The molecule has 2 rings (SSSR count). The number of halogens is 1. The lowest BCUT2D eigenvalue weighted by Crippen LogP contribution is -2.34. The maximum Gasteiger partial charge on any atom is 0.331 e. The van der Waals surface area contributed by atoms with Crippen LogP contribution in [-0.4, -0.2) is 26.8 Å². The summed E-state index contributed by atoms with van der Waals surface area (Å²) < 4.78 is 15.3. The Labute approximate surface area is 126 Å². The summed E-state index contributed by atoms with van der Waals surface area (Å²) >= 11 is 0. The molecule has 6 nitrogen and oxygen atoms in total. The van der Waals surface area contributed by atoms with Gasteiger partial charge in [0.15, 0.2) is 6.04 Å². The normalized spacial score (nSPS) is 12.0. The van der Waals surface area contributed by atoms with E-state index in [1.54, 1.807) is 20.9 Å². The second-order valence-corrected chi connectivity index (χ2v) is 4.94. The molecule has 0 fully saturated rings. The fourth-order valence-corrected chi connectivity index (χ4v) is 2.29. The van der Waals surface area contributed by atoms with Gasteiger partial charge in [-0.25, -0.2) is 9.18 Å². The number of carboxylic acid groups (broad SMARTS) is 1. The number of nitrogens with zero attached hydrogens (tertiary/aromatic N) is 2. The lowest BCUT2D eigenvalue weighted by Gasteiger charge is -2.15. The number of carbonyl (C=O) groups excluding carboxylic acids is 1. The van der Waals surface area contributed by atoms with Gasteiger partial charge in [-0.15, -0.1) is 0 Å². The standard InChI is InChI=1S/C15H16FN3O3/c1-8-12(9(2)19(3)18-8)14(20)17-13(15(21)22)10-6-4-5-7-11(10)16/h4-7,13H,1-3H3,(H,17,20)(H,21,22). The molecule has 116 valence electrons. The molecule has 22 heavy (non-hydrogen) atoms. The minimum Gasteiger partial charge on any atom is -0.479 e. The van der Waals surface area contributed by atoms with Crippen molar-refractivity contribution in [3.63, 3.8) is 0 Å². The summed E-state index contributed by atoms with van der Waals surface area (Å²) in [7, 11) is 1.69. The summed E-state index contributed by atoms with van der Waals surface area (Å²) in [6.07, 6.45) is 0. The van der Waals surface area contributed by atoms with Crippen LogP contribution in [0.2, 0.25) is 0 Å². The van der Waals surface area contributed by atoms with Crippen molar-refractivity contribution >= 4 is 11.9 Å². The van der Waals surface area contributed by atoms with E-state index in [2.05, 4.69) is 10.4 Å². The number of aliphatic carboxylic acids is 1.